The van der Waals surface area contributed by atoms with Gasteiger partial charge in [0.15, 0.2) is 0 Å². The van der Waals surface area contributed by atoms with Crippen LogP contribution in [-0.4, -0.2) is 9.13 Å². The minimum Gasteiger partial charge on any atom is -0.309 e. The van der Waals surface area contributed by atoms with E-state index in [-0.39, 0.29) is 0 Å². The molecule has 0 radical (unpaired) electrons. The van der Waals surface area contributed by atoms with E-state index in [1.165, 1.54) is 149 Å². The van der Waals surface area contributed by atoms with E-state index in [0.29, 0.717) is 0 Å². The Morgan fingerprint density at radius 2 is 0.597 bits per heavy atom. The van der Waals surface area contributed by atoms with Crippen LogP contribution in [0.1, 0.15) is 22.3 Å². The number of hydrogen-bond donors (Lipinski definition) is 0. The second-order valence-corrected chi connectivity index (χ2v) is 21.0. The van der Waals surface area contributed by atoms with Crippen LogP contribution in [0.25, 0.3) is 132 Å². The van der Waals surface area contributed by atoms with E-state index in [4.69, 9.17) is 0 Å². The molecule has 2 heteroatoms. The highest BCUT2D eigenvalue weighted by Crippen LogP contribution is 2.63. The van der Waals surface area contributed by atoms with E-state index in [1.54, 1.807) is 0 Å². The highest BCUT2D eigenvalue weighted by Gasteiger charge is 2.51. The molecule has 2 aliphatic rings. The van der Waals surface area contributed by atoms with E-state index in [9.17, 15) is 0 Å². The number of aromatic nitrogens is 2. The van der Waals surface area contributed by atoms with Crippen molar-refractivity contribution in [2.45, 2.75) is 5.41 Å². The van der Waals surface area contributed by atoms with Crippen LogP contribution in [0.5, 0.6) is 0 Å². The molecule has 0 amide bonds. The molecule has 0 aliphatic heterocycles. The number of fused-ring (bicyclic) bond motifs is 18. The van der Waals surface area contributed by atoms with Crippen molar-refractivity contribution in [1.29, 1.82) is 0 Å². The van der Waals surface area contributed by atoms with Crippen LogP contribution in [0.4, 0.5) is 0 Å². The van der Waals surface area contributed by atoms with E-state index in [2.05, 4.69) is 288 Å². The topological polar surface area (TPSA) is 9.86 Å². The number of para-hydroxylation sites is 3. The van der Waals surface area contributed by atoms with E-state index in [1.807, 2.05) is 0 Å². The summed E-state index contributed by atoms with van der Waals surface area (Å²) in [7, 11) is 0. The molecule has 0 saturated heterocycles. The molecule has 0 bridgehead atoms. The first-order valence-corrected chi connectivity index (χ1v) is 26.8. The Kier molecular flexibility index (Phi) is 8.80. The maximum Gasteiger partial charge on any atom is 0.0725 e. The van der Waals surface area contributed by atoms with Crippen LogP contribution in [0.2, 0.25) is 0 Å². The molecule has 2 nitrogen and oxygen atoms in total. The molecule has 15 aromatic rings. The highest BCUT2D eigenvalue weighted by atomic mass is 15.0. The molecule has 13 aromatic carbocycles. The van der Waals surface area contributed by atoms with Gasteiger partial charge in [-0.2, -0.15) is 0 Å². The Morgan fingerprint density at radius 3 is 1.19 bits per heavy atom. The summed E-state index contributed by atoms with van der Waals surface area (Å²) in [5.74, 6) is 0. The summed E-state index contributed by atoms with van der Waals surface area (Å²) in [5.41, 5.74) is 24.7. The second kappa shape index (κ2) is 16.0. The average molecular weight is 975 g/mol. The summed E-state index contributed by atoms with van der Waals surface area (Å²) in [4.78, 5) is 0. The number of hydrogen-bond acceptors (Lipinski definition) is 0. The molecule has 356 valence electrons. The summed E-state index contributed by atoms with van der Waals surface area (Å²) >= 11 is 0. The first-order chi connectivity index (χ1) is 38.2. The smallest absolute Gasteiger partial charge is 0.0725 e. The summed E-state index contributed by atoms with van der Waals surface area (Å²) in [5, 5.41) is 9.98. The lowest BCUT2D eigenvalue weighted by Crippen LogP contribution is -2.25. The van der Waals surface area contributed by atoms with Gasteiger partial charge in [-0.3, -0.25) is 0 Å². The van der Waals surface area contributed by atoms with Crippen LogP contribution >= 0.6 is 0 Å². The van der Waals surface area contributed by atoms with Crippen LogP contribution in [0, 0.1) is 0 Å². The van der Waals surface area contributed by atoms with E-state index < -0.39 is 5.41 Å². The van der Waals surface area contributed by atoms with Crippen LogP contribution < -0.4 is 0 Å². The van der Waals surface area contributed by atoms with Gasteiger partial charge in [0.25, 0.3) is 0 Å². The SMILES string of the molecule is c1ccc(-n2c3ccccc3c3cc(-c4ccc5c6ccccc6n(-c6ccc(-c7c8ccccc8c(-c8ccc9c(c8)C8(c%10ccccc%10-c%10ccccc%108)c8ccccc8-9)c8ccccc78)cc6)c5c4)ccc32)cc1. The highest BCUT2D eigenvalue weighted by molar-refractivity contribution is 6.22. The molecular formula is C75H46N2. The Morgan fingerprint density at radius 1 is 0.208 bits per heavy atom. The fourth-order valence-electron chi connectivity index (χ4n) is 14.2. The lowest BCUT2D eigenvalue weighted by molar-refractivity contribution is 0.794. The lowest BCUT2D eigenvalue weighted by atomic mass is 9.70. The molecule has 1 spiro atoms. The summed E-state index contributed by atoms with van der Waals surface area (Å²) < 4.78 is 4.84. The van der Waals surface area contributed by atoms with Crippen molar-refractivity contribution in [2.24, 2.45) is 0 Å². The van der Waals surface area contributed by atoms with Crippen molar-refractivity contribution in [3.05, 3.63) is 301 Å². The quantitative estimate of drug-likeness (QED) is 0.152. The monoisotopic (exact) mass is 974 g/mol. The Labute approximate surface area is 445 Å². The zero-order valence-corrected chi connectivity index (χ0v) is 42.0. The van der Waals surface area contributed by atoms with Crippen molar-refractivity contribution >= 4 is 65.2 Å². The van der Waals surface area contributed by atoms with Gasteiger partial charge in [0.1, 0.15) is 0 Å². The average Bonchev–Trinajstić information content (AvgIpc) is 4.26. The number of nitrogens with zero attached hydrogens (tertiary/aromatic N) is 2. The molecule has 0 saturated carbocycles. The summed E-state index contributed by atoms with van der Waals surface area (Å²) in [6.07, 6.45) is 0. The fourth-order valence-corrected chi connectivity index (χ4v) is 14.2. The van der Waals surface area contributed by atoms with Crippen molar-refractivity contribution in [3.63, 3.8) is 0 Å². The van der Waals surface area contributed by atoms with Gasteiger partial charge in [0.2, 0.25) is 0 Å². The van der Waals surface area contributed by atoms with Gasteiger partial charge in [-0.15, -0.1) is 0 Å². The maximum absolute atomic E-state index is 2.54. The Balaban J connectivity index is 0.812. The largest absolute Gasteiger partial charge is 0.309 e. The number of rotatable bonds is 5. The molecule has 0 N–H and O–H groups in total. The van der Waals surface area contributed by atoms with E-state index in [0.717, 1.165) is 5.69 Å². The van der Waals surface area contributed by atoms with Crippen molar-refractivity contribution < 1.29 is 0 Å². The predicted octanol–water partition coefficient (Wildman–Crippen LogP) is 19.5. The lowest BCUT2D eigenvalue weighted by Gasteiger charge is -2.30. The van der Waals surface area contributed by atoms with Crippen molar-refractivity contribution in [2.75, 3.05) is 0 Å². The van der Waals surface area contributed by atoms with Crippen molar-refractivity contribution in [3.8, 4) is 67.0 Å². The summed E-state index contributed by atoms with van der Waals surface area (Å²) in [6.45, 7) is 0. The zero-order chi connectivity index (χ0) is 50.3. The molecule has 0 unspecified atom stereocenters. The fraction of sp³-hybridized carbons (Fsp3) is 0.0133. The normalized spacial score (nSPS) is 13.0. The zero-order valence-electron chi connectivity index (χ0n) is 42.0. The molecule has 77 heavy (non-hydrogen) atoms. The van der Waals surface area contributed by atoms with Crippen LogP contribution in [0.3, 0.4) is 0 Å². The van der Waals surface area contributed by atoms with Crippen molar-refractivity contribution in [1.82, 2.24) is 9.13 Å². The maximum atomic E-state index is 2.54. The van der Waals surface area contributed by atoms with E-state index >= 15 is 0 Å². The third-order valence-electron chi connectivity index (χ3n) is 17.3. The van der Waals surface area contributed by atoms with Gasteiger partial charge in [-0.1, -0.05) is 218 Å². The van der Waals surface area contributed by atoms with Crippen LogP contribution in [-0.2, 0) is 5.41 Å². The number of benzene rings is 13. The van der Waals surface area contributed by atoms with Gasteiger partial charge in [0, 0.05) is 32.9 Å². The molecule has 2 heterocycles. The first kappa shape index (κ1) is 42.3. The van der Waals surface area contributed by atoms with Gasteiger partial charge < -0.3 is 9.13 Å². The van der Waals surface area contributed by atoms with Crippen LogP contribution in [0.15, 0.2) is 279 Å². The third-order valence-corrected chi connectivity index (χ3v) is 17.3. The minimum absolute atomic E-state index is 0.417. The Bertz CT molecular complexity index is 4850. The molecule has 17 rings (SSSR count). The summed E-state index contributed by atoms with van der Waals surface area (Å²) in [6, 6.07) is 104. The Hall–Kier alpha value is -10.0. The van der Waals surface area contributed by atoms with Gasteiger partial charge in [0.05, 0.1) is 27.5 Å². The first-order valence-electron chi connectivity index (χ1n) is 26.8. The van der Waals surface area contributed by atoms with Gasteiger partial charge >= 0.3 is 0 Å². The second-order valence-electron chi connectivity index (χ2n) is 21.0. The molecule has 2 aliphatic carbocycles. The minimum atomic E-state index is -0.417. The standard InChI is InChI=1S/C75H46N2/c1-2-18-51(19-3-1)76-70-33-17-12-24-58(70)64-44-48(38-43-71(64)76)49-36-42-59-57-23-11-16-32-69(57)77(72(59)46-49)52-39-34-47(35-40-52)73-60-25-4-6-27-62(60)74(63-28-7-5-26-61(63)73)50-37-41-56-55-22-10-15-31-67(55)75(68(56)45-50)65-29-13-8-20-53(65)54-21-9-14-30-66(54)75/h1-46H. The molecule has 0 atom stereocenters. The van der Waals surface area contributed by atoms with Gasteiger partial charge in [-0.25, -0.2) is 0 Å². The molecule has 2 aromatic heterocycles. The molecule has 0 fully saturated rings. The third kappa shape index (κ3) is 5.79. The van der Waals surface area contributed by atoms with Gasteiger partial charge in [-0.05, 0) is 160 Å². The molecular weight excluding hydrogens is 929 g/mol. The predicted molar refractivity (Wildman–Crippen MR) is 323 cm³/mol.